The smallest absolute Gasteiger partial charge is 0.364 e. The third kappa shape index (κ3) is 9.89. The highest BCUT2D eigenvalue weighted by atomic mass is 16.8. The van der Waals surface area contributed by atoms with Crippen LogP contribution in [0.25, 0.3) is 20.9 Å². The van der Waals surface area contributed by atoms with E-state index < -0.39 is 136 Å². The normalized spacial score (nSPS) is 39.5. The Balaban J connectivity index is 1.97. The Morgan fingerprint density at radius 3 is 2.16 bits per heavy atom. The van der Waals surface area contributed by atoms with E-state index in [1.807, 2.05) is 0 Å². The third-order valence-electron chi connectivity index (χ3n) is 8.37. The molecule has 290 valence electrons. The monoisotopic (exact) mass is 741 g/mol. The number of aliphatic carboxylic acids is 1. The highest BCUT2D eigenvalue weighted by Crippen LogP contribution is 2.39. The molecule has 3 rings (SSSR count). The van der Waals surface area contributed by atoms with Gasteiger partial charge in [0.1, 0.15) is 67.1 Å². The lowest BCUT2D eigenvalue weighted by atomic mass is 9.88. The molecule has 3 aliphatic rings. The molecule has 16 atom stereocenters. The predicted octanol–water partition coefficient (Wildman–Crippen LogP) is -5.18. The summed E-state index contributed by atoms with van der Waals surface area (Å²) < 4.78 is 33.8. The molecule has 0 saturated carbocycles. The SMILES string of the molecule is CC(=O)N[C@H]1[C@@H](OCCCN=[N+]=[N-])O[C@H](CO)[C@H](O)[C@@H]1O[C@@H]1O[C@H](CO)[C@H](O)[C@H](O[C@]2(C(=O)O)C[C@H](O)[C@@H](N=[N+]=[N-])[C@H]([C@H](O)[C@H](O)CO)O2)[C@H]1O. The molecule has 0 aromatic carbocycles. The van der Waals surface area contributed by atoms with E-state index in [0.29, 0.717) is 0 Å². The van der Waals surface area contributed by atoms with Gasteiger partial charge in [0.2, 0.25) is 5.91 Å². The molecule has 0 aliphatic carbocycles. The van der Waals surface area contributed by atoms with E-state index in [0.717, 1.165) is 6.92 Å². The number of carbonyl (C=O) groups excluding carboxylic acids is 1. The molecule has 25 nitrogen and oxygen atoms in total. The van der Waals surface area contributed by atoms with Crippen molar-refractivity contribution >= 4 is 11.9 Å². The Morgan fingerprint density at radius 2 is 1.61 bits per heavy atom. The average Bonchev–Trinajstić information content (AvgIpc) is 3.09. The van der Waals surface area contributed by atoms with E-state index >= 15 is 0 Å². The molecule has 0 aromatic rings. The van der Waals surface area contributed by atoms with Crippen molar-refractivity contribution in [1.82, 2.24) is 5.32 Å². The van der Waals surface area contributed by atoms with Crippen LogP contribution in [-0.4, -0.2) is 194 Å². The van der Waals surface area contributed by atoms with Crippen molar-refractivity contribution in [1.29, 1.82) is 0 Å². The molecule has 3 heterocycles. The van der Waals surface area contributed by atoms with E-state index in [1.165, 1.54) is 0 Å². The van der Waals surface area contributed by atoms with Gasteiger partial charge in [-0.25, -0.2) is 4.79 Å². The van der Waals surface area contributed by atoms with Gasteiger partial charge in [-0.2, -0.15) is 0 Å². The number of carboxylic acids is 1. The molecular weight excluding hydrogens is 698 g/mol. The quantitative estimate of drug-likeness (QED) is 0.0287. The van der Waals surface area contributed by atoms with Crippen LogP contribution in [0.2, 0.25) is 0 Å². The van der Waals surface area contributed by atoms with E-state index in [1.54, 1.807) is 0 Å². The summed E-state index contributed by atoms with van der Waals surface area (Å²) in [5, 5.41) is 114. The zero-order valence-electron chi connectivity index (χ0n) is 27.0. The number of hydrogen-bond acceptors (Lipinski definition) is 19. The number of azide groups is 2. The fraction of sp³-hybridized carbons (Fsp3) is 0.923. The molecule has 0 spiro atoms. The second-order valence-corrected chi connectivity index (χ2v) is 11.9. The number of aliphatic hydroxyl groups excluding tert-OH is 9. The molecule has 3 aliphatic heterocycles. The summed E-state index contributed by atoms with van der Waals surface area (Å²) in [4.78, 5) is 30.0. The molecule has 3 fully saturated rings. The Hall–Kier alpha value is -3.04. The first-order chi connectivity index (χ1) is 24.2. The van der Waals surface area contributed by atoms with Crippen molar-refractivity contribution in [3.63, 3.8) is 0 Å². The summed E-state index contributed by atoms with van der Waals surface area (Å²) >= 11 is 0. The fourth-order valence-corrected chi connectivity index (χ4v) is 5.84. The lowest BCUT2D eigenvalue weighted by molar-refractivity contribution is -0.380. The van der Waals surface area contributed by atoms with E-state index in [4.69, 9.17) is 39.5 Å². The molecule has 0 aromatic heterocycles. The molecule has 0 unspecified atom stereocenters. The van der Waals surface area contributed by atoms with Crippen LogP contribution in [-0.2, 0) is 38.0 Å². The molecule has 25 heteroatoms. The number of rotatable bonds is 17. The van der Waals surface area contributed by atoms with Crippen LogP contribution < -0.4 is 5.32 Å². The first-order valence-corrected chi connectivity index (χ1v) is 15.6. The van der Waals surface area contributed by atoms with Gasteiger partial charge < -0.3 is 84.8 Å². The van der Waals surface area contributed by atoms with Crippen molar-refractivity contribution < 1.29 is 89.1 Å². The van der Waals surface area contributed by atoms with Gasteiger partial charge in [0.05, 0.1) is 32.0 Å². The van der Waals surface area contributed by atoms with Crippen molar-refractivity contribution in [2.75, 3.05) is 33.0 Å². The van der Waals surface area contributed by atoms with Crippen LogP contribution in [0.5, 0.6) is 0 Å². The topological polar surface area (TPSA) is 401 Å². The summed E-state index contributed by atoms with van der Waals surface area (Å²) in [6, 6.07) is -3.13. The van der Waals surface area contributed by atoms with Crippen LogP contribution in [0.4, 0.5) is 0 Å². The van der Waals surface area contributed by atoms with Gasteiger partial charge in [-0.3, -0.25) is 4.79 Å². The Bertz CT molecular complexity index is 1260. The molecule has 51 heavy (non-hydrogen) atoms. The van der Waals surface area contributed by atoms with Crippen molar-refractivity contribution in [2.45, 2.75) is 117 Å². The van der Waals surface area contributed by atoms with Gasteiger partial charge in [-0.15, -0.1) is 0 Å². The number of carbonyl (C=O) groups is 2. The van der Waals surface area contributed by atoms with Crippen LogP contribution in [0.3, 0.4) is 0 Å². The highest BCUT2D eigenvalue weighted by molar-refractivity contribution is 5.76. The number of hydrogen-bond donors (Lipinski definition) is 11. The van der Waals surface area contributed by atoms with Gasteiger partial charge in [-0.05, 0) is 17.5 Å². The van der Waals surface area contributed by atoms with Crippen molar-refractivity contribution in [2.24, 2.45) is 10.2 Å². The molecule has 3 saturated heterocycles. The average molecular weight is 742 g/mol. The predicted molar refractivity (Wildman–Crippen MR) is 159 cm³/mol. The molecule has 1 amide bonds. The van der Waals surface area contributed by atoms with Crippen molar-refractivity contribution in [3.8, 4) is 0 Å². The molecule has 0 bridgehead atoms. The summed E-state index contributed by atoms with van der Waals surface area (Å²) in [5.74, 6) is -5.76. The second-order valence-electron chi connectivity index (χ2n) is 11.9. The number of carboxylic acid groups (broad SMARTS) is 1. The van der Waals surface area contributed by atoms with Crippen LogP contribution in [0.15, 0.2) is 10.2 Å². The number of nitrogens with zero attached hydrogens (tertiary/aromatic N) is 6. The van der Waals surface area contributed by atoms with Gasteiger partial charge in [0.15, 0.2) is 12.6 Å². The van der Waals surface area contributed by atoms with E-state index in [2.05, 4.69) is 25.4 Å². The Kier molecular flexibility index (Phi) is 15.9. The minimum atomic E-state index is -3.08. The summed E-state index contributed by atoms with van der Waals surface area (Å²) in [7, 11) is 0. The zero-order chi connectivity index (χ0) is 38.0. The standard InChI is InChI=1S/C26H43N7O18/c1-9(37)30-15-20(17(41)12(7-35)47-23(15)46-4-2-3-29-32-27)49-24-19(43)22(18(42)13(8-36)48-24)51-26(25(44)45)5-10(38)14(31-33-28)21(50-26)16(40)11(39)6-34/h10-24,34-36,38-43H,2-8H2,1H3,(H,30,37)(H,44,45)/t10-,11+,12+,13+,14+,15+,16+,17-,18-,19+,20+,21+,22-,23-,24-,26-/m0/s1. The third-order valence-corrected chi connectivity index (χ3v) is 8.37. The number of nitrogens with one attached hydrogen (secondary N) is 1. The zero-order valence-corrected chi connectivity index (χ0v) is 27.0. The van der Waals surface area contributed by atoms with Crippen LogP contribution in [0, 0.1) is 0 Å². The Morgan fingerprint density at radius 1 is 0.980 bits per heavy atom. The van der Waals surface area contributed by atoms with Crippen LogP contribution in [0.1, 0.15) is 19.8 Å². The Labute approximate surface area is 288 Å². The fourth-order valence-electron chi connectivity index (χ4n) is 5.84. The second kappa shape index (κ2) is 19.2. The lowest BCUT2D eigenvalue weighted by Crippen LogP contribution is -2.70. The summed E-state index contributed by atoms with van der Waals surface area (Å²) in [6.45, 7) is -1.85. The number of amides is 1. The van der Waals surface area contributed by atoms with Gasteiger partial charge in [0.25, 0.3) is 5.79 Å². The highest BCUT2D eigenvalue weighted by Gasteiger charge is 2.60. The minimum absolute atomic E-state index is 0.0286. The largest absolute Gasteiger partial charge is 0.477 e. The lowest BCUT2D eigenvalue weighted by Gasteiger charge is -2.50. The molecule has 0 radical (unpaired) electrons. The summed E-state index contributed by atoms with van der Waals surface area (Å²) in [5.41, 5.74) is 17.5. The van der Waals surface area contributed by atoms with Crippen molar-refractivity contribution in [3.05, 3.63) is 20.9 Å². The maximum atomic E-state index is 12.7. The number of aliphatic hydroxyl groups is 9. The minimum Gasteiger partial charge on any atom is -0.477 e. The maximum Gasteiger partial charge on any atom is 0.364 e. The summed E-state index contributed by atoms with van der Waals surface area (Å²) in [6.07, 6.45) is -25.5. The van der Waals surface area contributed by atoms with E-state index in [9.17, 15) is 60.7 Å². The first kappa shape index (κ1) is 42.4. The van der Waals surface area contributed by atoms with Crippen LogP contribution >= 0.6 is 0 Å². The molecular formula is C26H43N7O18. The number of ether oxygens (including phenoxy) is 6. The van der Waals surface area contributed by atoms with Gasteiger partial charge in [0, 0.05) is 36.3 Å². The van der Waals surface area contributed by atoms with Gasteiger partial charge in [-0.1, -0.05) is 10.2 Å². The van der Waals surface area contributed by atoms with Gasteiger partial charge >= 0.3 is 5.97 Å². The maximum absolute atomic E-state index is 12.7. The molecule has 11 N–H and O–H groups in total. The van der Waals surface area contributed by atoms with E-state index in [-0.39, 0.29) is 19.6 Å². The first-order valence-electron chi connectivity index (χ1n) is 15.6.